The van der Waals surface area contributed by atoms with E-state index in [4.69, 9.17) is 14.2 Å². The molecule has 5 heteroatoms. The summed E-state index contributed by atoms with van der Waals surface area (Å²) >= 11 is 0. The van der Waals surface area contributed by atoms with Gasteiger partial charge in [-0.15, -0.1) is 0 Å². The number of ether oxygens (including phenoxy) is 3. The molecule has 0 saturated heterocycles. The molecule has 0 aliphatic carbocycles. The van der Waals surface area contributed by atoms with Crippen LogP contribution in [0.3, 0.4) is 0 Å². The van der Waals surface area contributed by atoms with E-state index in [0.717, 1.165) is 0 Å². The molecule has 0 saturated carbocycles. The van der Waals surface area contributed by atoms with E-state index in [1.807, 2.05) is 0 Å². The minimum absolute atomic E-state index is 0.107. The lowest BCUT2D eigenvalue weighted by molar-refractivity contribution is 0.0728. The minimum Gasteiger partial charge on any atom is -0.497 e. The fraction of sp³-hybridized carbons (Fsp3) is 0.125. The molecule has 2 aromatic rings. The second-order valence-electron chi connectivity index (χ2n) is 4.11. The second-order valence-corrected chi connectivity index (χ2v) is 4.11. The highest BCUT2D eigenvalue weighted by atomic mass is 16.6. The molecule has 0 radical (unpaired) electrons. The molecule has 0 bridgehead atoms. The lowest BCUT2D eigenvalue weighted by Gasteiger charge is -2.11. The molecule has 0 aromatic heterocycles. The molecule has 0 heterocycles. The standard InChI is InChI=1S/C16H14O5/c1-19-13-8-6-11(7-9-13)16(18)21-15-12(10-17)4-3-5-14(15)20-2/h3-10H,1-2H3. The largest absolute Gasteiger partial charge is 0.497 e. The van der Waals surface area contributed by atoms with Crippen molar-refractivity contribution in [3.8, 4) is 17.2 Å². The first-order chi connectivity index (χ1) is 10.2. The van der Waals surface area contributed by atoms with Gasteiger partial charge in [-0.05, 0) is 36.4 Å². The highest BCUT2D eigenvalue weighted by Crippen LogP contribution is 2.30. The summed E-state index contributed by atoms with van der Waals surface area (Å²) in [7, 11) is 2.98. The van der Waals surface area contributed by atoms with Crippen molar-refractivity contribution in [1.82, 2.24) is 0 Å². The number of aldehydes is 1. The first-order valence-electron chi connectivity index (χ1n) is 6.18. The van der Waals surface area contributed by atoms with Crippen molar-refractivity contribution in [3.05, 3.63) is 53.6 Å². The SMILES string of the molecule is COc1ccc(C(=O)Oc2c(C=O)cccc2OC)cc1. The van der Waals surface area contributed by atoms with Gasteiger partial charge in [-0.2, -0.15) is 0 Å². The van der Waals surface area contributed by atoms with Crippen LogP contribution in [0.4, 0.5) is 0 Å². The van der Waals surface area contributed by atoms with E-state index < -0.39 is 5.97 Å². The van der Waals surface area contributed by atoms with Crippen molar-refractivity contribution >= 4 is 12.3 Å². The van der Waals surface area contributed by atoms with Crippen LogP contribution in [0.25, 0.3) is 0 Å². The Morgan fingerprint density at radius 3 is 2.29 bits per heavy atom. The zero-order valence-electron chi connectivity index (χ0n) is 11.7. The number of hydrogen-bond acceptors (Lipinski definition) is 5. The summed E-state index contributed by atoms with van der Waals surface area (Å²) in [6.07, 6.45) is 0.610. The van der Waals surface area contributed by atoms with Gasteiger partial charge in [0.05, 0.1) is 25.3 Å². The third-order valence-corrected chi connectivity index (χ3v) is 2.88. The molecule has 5 nitrogen and oxygen atoms in total. The number of rotatable bonds is 5. The maximum atomic E-state index is 12.1. The summed E-state index contributed by atoms with van der Waals surface area (Å²) in [5, 5.41) is 0. The van der Waals surface area contributed by atoms with Crippen molar-refractivity contribution in [2.75, 3.05) is 14.2 Å². The predicted octanol–water partition coefficient (Wildman–Crippen LogP) is 2.74. The number of esters is 1. The third kappa shape index (κ3) is 3.20. The van der Waals surface area contributed by atoms with Crippen LogP contribution in [0.1, 0.15) is 20.7 Å². The lowest BCUT2D eigenvalue weighted by atomic mass is 10.2. The van der Waals surface area contributed by atoms with Crippen molar-refractivity contribution in [2.45, 2.75) is 0 Å². The zero-order valence-corrected chi connectivity index (χ0v) is 11.7. The van der Waals surface area contributed by atoms with Crippen molar-refractivity contribution in [2.24, 2.45) is 0 Å². The maximum absolute atomic E-state index is 12.1. The van der Waals surface area contributed by atoms with Crippen LogP contribution in [0.15, 0.2) is 42.5 Å². The van der Waals surface area contributed by atoms with E-state index in [-0.39, 0.29) is 11.3 Å². The summed E-state index contributed by atoms with van der Waals surface area (Å²) in [6, 6.07) is 11.3. The Morgan fingerprint density at radius 2 is 1.71 bits per heavy atom. The Hall–Kier alpha value is -2.82. The first kappa shape index (κ1) is 14.6. The van der Waals surface area contributed by atoms with Gasteiger partial charge < -0.3 is 14.2 Å². The van der Waals surface area contributed by atoms with Crippen molar-refractivity contribution in [1.29, 1.82) is 0 Å². The number of carbonyl (C=O) groups is 2. The average molecular weight is 286 g/mol. The van der Waals surface area contributed by atoms with Crippen molar-refractivity contribution < 1.29 is 23.8 Å². The third-order valence-electron chi connectivity index (χ3n) is 2.88. The van der Waals surface area contributed by atoms with Crippen LogP contribution < -0.4 is 14.2 Å². The maximum Gasteiger partial charge on any atom is 0.343 e. The van der Waals surface area contributed by atoms with Gasteiger partial charge in [-0.3, -0.25) is 4.79 Å². The van der Waals surface area contributed by atoms with Gasteiger partial charge in [0.1, 0.15) is 5.75 Å². The average Bonchev–Trinajstić information content (AvgIpc) is 2.55. The summed E-state index contributed by atoms with van der Waals surface area (Å²) in [5.41, 5.74) is 0.592. The van der Waals surface area contributed by atoms with Crippen LogP contribution >= 0.6 is 0 Å². The van der Waals surface area contributed by atoms with E-state index >= 15 is 0 Å². The highest BCUT2D eigenvalue weighted by molar-refractivity contribution is 5.93. The van der Waals surface area contributed by atoms with Crippen LogP contribution in [-0.2, 0) is 0 Å². The molecule has 0 aliphatic rings. The Bertz CT molecular complexity index is 646. The smallest absolute Gasteiger partial charge is 0.343 e. The highest BCUT2D eigenvalue weighted by Gasteiger charge is 2.16. The lowest BCUT2D eigenvalue weighted by Crippen LogP contribution is -2.10. The van der Waals surface area contributed by atoms with Gasteiger partial charge in [0, 0.05) is 0 Å². The Balaban J connectivity index is 2.28. The molecule has 0 N–H and O–H groups in total. The monoisotopic (exact) mass is 286 g/mol. The number of benzene rings is 2. The van der Waals surface area contributed by atoms with E-state index in [9.17, 15) is 9.59 Å². The molecular formula is C16H14O5. The molecule has 0 atom stereocenters. The normalized spacial score (nSPS) is 9.81. The van der Waals surface area contributed by atoms with E-state index in [0.29, 0.717) is 23.3 Å². The minimum atomic E-state index is -0.578. The fourth-order valence-electron chi connectivity index (χ4n) is 1.77. The molecule has 0 fully saturated rings. The zero-order chi connectivity index (χ0) is 15.2. The van der Waals surface area contributed by atoms with E-state index in [1.54, 1.807) is 49.6 Å². The van der Waals surface area contributed by atoms with E-state index in [2.05, 4.69) is 0 Å². The quantitative estimate of drug-likeness (QED) is 0.480. The molecule has 21 heavy (non-hydrogen) atoms. The Morgan fingerprint density at radius 1 is 1.00 bits per heavy atom. The summed E-state index contributed by atoms with van der Waals surface area (Å²) in [4.78, 5) is 23.1. The fourth-order valence-corrected chi connectivity index (χ4v) is 1.77. The summed E-state index contributed by atoms with van der Waals surface area (Å²) in [5.74, 6) is 0.486. The molecular weight excluding hydrogens is 272 g/mol. The molecule has 108 valence electrons. The number of carbonyl (C=O) groups excluding carboxylic acids is 2. The van der Waals surface area contributed by atoms with Crippen molar-refractivity contribution in [3.63, 3.8) is 0 Å². The number of methoxy groups -OCH3 is 2. The topological polar surface area (TPSA) is 61.8 Å². The number of para-hydroxylation sites is 1. The molecule has 2 rings (SSSR count). The first-order valence-corrected chi connectivity index (χ1v) is 6.18. The number of hydrogen-bond donors (Lipinski definition) is 0. The molecule has 0 amide bonds. The Labute approximate surface area is 122 Å². The van der Waals surface area contributed by atoms with Gasteiger partial charge in [0.2, 0.25) is 0 Å². The van der Waals surface area contributed by atoms with Crippen LogP contribution in [0.2, 0.25) is 0 Å². The Kier molecular flexibility index (Phi) is 4.56. The van der Waals surface area contributed by atoms with Gasteiger partial charge in [-0.1, -0.05) is 6.07 Å². The molecule has 0 spiro atoms. The van der Waals surface area contributed by atoms with Gasteiger partial charge >= 0.3 is 5.97 Å². The molecule has 2 aromatic carbocycles. The van der Waals surface area contributed by atoms with Crippen LogP contribution in [0, 0.1) is 0 Å². The summed E-state index contributed by atoms with van der Waals surface area (Å²) in [6.45, 7) is 0. The van der Waals surface area contributed by atoms with Gasteiger partial charge in [0.25, 0.3) is 0 Å². The van der Waals surface area contributed by atoms with Gasteiger partial charge in [-0.25, -0.2) is 4.79 Å². The van der Waals surface area contributed by atoms with Crippen LogP contribution in [-0.4, -0.2) is 26.5 Å². The second kappa shape index (κ2) is 6.56. The van der Waals surface area contributed by atoms with Gasteiger partial charge in [0.15, 0.2) is 17.8 Å². The molecule has 0 aliphatic heterocycles. The predicted molar refractivity (Wildman–Crippen MR) is 76.3 cm³/mol. The van der Waals surface area contributed by atoms with E-state index in [1.165, 1.54) is 7.11 Å². The molecule has 0 unspecified atom stereocenters. The van der Waals surface area contributed by atoms with Crippen LogP contribution in [0.5, 0.6) is 17.2 Å². The summed E-state index contributed by atoms with van der Waals surface area (Å²) < 4.78 is 15.4.